The summed E-state index contributed by atoms with van der Waals surface area (Å²) in [5.41, 5.74) is 0.328. The molecule has 7 heteroatoms. The summed E-state index contributed by atoms with van der Waals surface area (Å²) in [6.07, 6.45) is 2.23. The Morgan fingerprint density at radius 3 is 2.68 bits per heavy atom. The molecule has 1 aliphatic rings. The van der Waals surface area contributed by atoms with Gasteiger partial charge in [-0.05, 0) is 31.0 Å². The van der Waals surface area contributed by atoms with E-state index in [1.54, 1.807) is 17.0 Å². The predicted octanol–water partition coefficient (Wildman–Crippen LogP) is 3.42. The third-order valence-corrected chi connectivity index (χ3v) is 6.14. The Labute approximate surface area is 141 Å². The summed E-state index contributed by atoms with van der Waals surface area (Å²) in [5, 5.41) is 0.763. The number of carbonyl (C=O) groups is 1. The Hall–Kier alpha value is -0.780. The van der Waals surface area contributed by atoms with Crippen molar-refractivity contribution in [1.82, 2.24) is 4.90 Å². The van der Waals surface area contributed by atoms with Crippen molar-refractivity contribution in [2.75, 3.05) is 18.1 Å². The van der Waals surface area contributed by atoms with Crippen molar-refractivity contribution in [1.29, 1.82) is 0 Å². The molecule has 0 N–H and O–H groups in total. The first-order valence-corrected chi connectivity index (χ1v) is 9.88. The van der Waals surface area contributed by atoms with Gasteiger partial charge in [-0.3, -0.25) is 4.79 Å². The zero-order valence-corrected chi connectivity index (χ0v) is 14.7. The molecule has 0 spiro atoms. The molecule has 1 amide bonds. The zero-order chi connectivity index (χ0) is 16.3. The van der Waals surface area contributed by atoms with Gasteiger partial charge in [0.2, 0.25) is 0 Å². The van der Waals surface area contributed by atoms with Crippen molar-refractivity contribution in [3.05, 3.63) is 33.8 Å². The van der Waals surface area contributed by atoms with Gasteiger partial charge in [0.15, 0.2) is 9.84 Å². The van der Waals surface area contributed by atoms with Gasteiger partial charge in [-0.1, -0.05) is 36.5 Å². The van der Waals surface area contributed by atoms with Gasteiger partial charge in [0.05, 0.1) is 22.1 Å². The van der Waals surface area contributed by atoms with Crippen LogP contribution in [-0.2, 0) is 9.84 Å². The molecule has 2 rings (SSSR count). The first-order valence-electron chi connectivity index (χ1n) is 7.30. The van der Waals surface area contributed by atoms with E-state index < -0.39 is 9.84 Å². The van der Waals surface area contributed by atoms with Crippen LogP contribution in [0.1, 0.15) is 36.5 Å². The average Bonchev–Trinajstić information content (AvgIpc) is 2.82. The summed E-state index contributed by atoms with van der Waals surface area (Å²) in [6, 6.07) is 4.46. The van der Waals surface area contributed by atoms with E-state index in [9.17, 15) is 13.2 Å². The highest BCUT2D eigenvalue weighted by Gasteiger charge is 2.35. The first kappa shape index (κ1) is 17.6. The van der Waals surface area contributed by atoms with Gasteiger partial charge in [0, 0.05) is 17.6 Å². The van der Waals surface area contributed by atoms with Crippen LogP contribution in [0, 0.1) is 0 Å². The summed E-state index contributed by atoms with van der Waals surface area (Å²) >= 11 is 12.1. The lowest BCUT2D eigenvalue weighted by Crippen LogP contribution is -2.41. The lowest BCUT2D eigenvalue weighted by atomic mass is 10.1. The summed E-state index contributed by atoms with van der Waals surface area (Å²) in [5.74, 6) is -0.0830. The average molecular weight is 364 g/mol. The third kappa shape index (κ3) is 4.15. The number of halogens is 2. The quantitative estimate of drug-likeness (QED) is 0.805. The summed E-state index contributed by atoms with van der Waals surface area (Å²) in [6.45, 7) is 2.55. The van der Waals surface area contributed by atoms with E-state index in [2.05, 4.69) is 0 Å². The topological polar surface area (TPSA) is 54.5 Å². The number of carbonyl (C=O) groups excluding carboxylic acids is 1. The number of hydrogen-bond donors (Lipinski definition) is 0. The van der Waals surface area contributed by atoms with Crippen LogP contribution in [0.15, 0.2) is 18.2 Å². The summed E-state index contributed by atoms with van der Waals surface area (Å²) in [4.78, 5) is 14.5. The van der Waals surface area contributed by atoms with Crippen molar-refractivity contribution in [3.8, 4) is 0 Å². The molecule has 1 fully saturated rings. The third-order valence-electron chi connectivity index (χ3n) is 3.82. The summed E-state index contributed by atoms with van der Waals surface area (Å²) < 4.78 is 23.4. The fourth-order valence-corrected chi connectivity index (χ4v) is 4.72. The number of hydrogen-bond acceptors (Lipinski definition) is 3. The maximum absolute atomic E-state index is 12.8. The lowest BCUT2D eigenvalue weighted by molar-refractivity contribution is 0.0694. The second kappa shape index (κ2) is 7.20. The number of amides is 1. The largest absolute Gasteiger partial charge is 0.335 e. The van der Waals surface area contributed by atoms with Crippen molar-refractivity contribution >= 4 is 38.9 Å². The standard InChI is InChI=1S/C15H19Cl2NO3S/c1-2-3-7-18(12-6-8-22(20,21)10-12)15(19)13-9-11(16)4-5-14(13)17/h4-5,9,12H,2-3,6-8,10H2,1H3/t12-/m1/s1. The van der Waals surface area contributed by atoms with Crippen molar-refractivity contribution in [2.24, 2.45) is 0 Å². The molecule has 0 unspecified atom stereocenters. The van der Waals surface area contributed by atoms with Gasteiger partial charge < -0.3 is 4.90 Å². The van der Waals surface area contributed by atoms with Crippen LogP contribution in [0.2, 0.25) is 10.0 Å². The Morgan fingerprint density at radius 2 is 2.09 bits per heavy atom. The van der Waals surface area contributed by atoms with E-state index in [0.717, 1.165) is 12.8 Å². The van der Waals surface area contributed by atoms with Crippen LogP contribution in [0.25, 0.3) is 0 Å². The van der Waals surface area contributed by atoms with Crippen LogP contribution in [0.3, 0.4) is 0 Å². The molecule has 1 heterocycles. The van der Waals surface area contributed by atoms with Gasteiger partial charge in [-0.25, -0.2) is 8.42 Å². The van der Waals surface area contributed by atoms with Gasteiger partial charge in [-0.15, -0.1) is 0 Å². The van der Waals surface area contributed by atoms with Crippen LogP contribution >= 0.6 is 23.2 Å². The molecule has 1 aliphatic heterocycles. The smallest absolute Gasteiger partial charge is 0.255 e. The molecule has 0 saturated carbocycles. The Kier molecular flexibility index (Phi) is 5.75. The molecular formula is C15H19Cl2NO3S. The SMILES string of the molecule is CCCCN(C(=O)c1cc(Cl)ccc1Cl)[C@@H]1CCS(=O)(=O)C1. The second-order valence-corrected chi connectivity index (χ2v) is 8.61. The predicted molar refractivity (Wildman–Crippen MR) is 89.5 cm³/mol. The number of sulfone groups is 1. The van der Waals surface area contributed by atoms with E-state index in [1.807, 2.05) is 6.92 Å². The molecule has 1 aromatic rings. The van der Waals surface area contributed by atoms with Gasteiger partial charge >= 0.3 is 0 Å². The fraction of sp³-hybridized carbons (Fsp3) is 0.533. The zero-order valence-electron chi connectivity index (χ0n) is 12.4. The lowest BCUT2D eigenvalue weighted by Gasteiger charge is -2.28. The Bertz CT molecular complexity index is 661. The summed E-state index contributed by atoms with van der Waals surface area (Å²) in [7, 11) is -3.05. The van der Waals surface area contributed by atoms with Crippen LogP contribution in [-0.4, -0.2) is 43.3 Å². The number of benzene rings is 1. The molecule has 122 valence electrons. The van der Waals surface area contributed by atoms with Crippen LogP contribution in [0.5, 0.6) is 0 Å². The van der Waals surface area contributed by atoms with E-state index in [-0.39, 0.29) is 23.5 Å². The molecule has 0 bridgehead atoms. The van der Waals surface area contributed by atoms with Crippen LogP contribution in [0.4, 0.5) is 0 Å². The van der Waals surface area contributed by atoms with E-state index in [1.165, 1.54) is 6.07 Å². The van der Waals surface area contributed by atoms with Crippen molar-refractivity contribution in [3.63, 3.8) is 0 Å². The monoisotopic (exact) mass is 363 g/mol. The second-order valence-electron chi connectivity index (χ2n) is 5.53. The highest BCUT2D eigenvalue weighted by molar-refractivity contribution is 7.91. The fourth-order valence-electron chi connectivity index (χ4n) is 2.62. The van der Waals surface area contributed by atoms with Gasteiger partial charge in [0.1, 0.15) is 0 Å². The number of unbranched alkanes of at least 4 members (excludes halogenated alkanes) is 1. The molecule has 0 radical (unpaired) electrons. The van der Waals surface area contributed by atoms with Crippen molar-refractivity contribution < 1.29 is 13.2 Å². The highest BCUT2D eigenvalue weighted by Crippen LogP contribution is 2.26. The number of rotatable bonds is 5. The molecule has 0 aromatic heterocycles. The number of nitrogens with zero attached hydrogens (tertiary/aromatic N) is 1. The van der Waals surface area contributed by atoms with E-state index >= 15 is 0 Å². The Morgan fingerprint density at radius 1 is 1.36 bits per heavy atom. The van der Waals surface area contributed by atoms with Crippen LogP contribution < -0.4 is 0 Å². The molecular weight excluding hydrogens is 345 g/mol. The highest BCUT2D eigenvalue weighted by atomic mass is 35.5. The van der Waals surface area contributed by atoms with Gasteiger partial charge in [-0.2, -0.15) is 0 Å². The molecule has 1 saturated heterocycles. The first-order chi connectivity index (χ1) is 10.3. The van der Waals surface area contributed by atoms with Gasteiger partial charge in [0.25, 0.3) is 5.91 Å². The van der Waals surface area contributed by atoms with E-state index in [0.29, 0.717) is 28.6 Å². The molecule has 4 nitrogen and oxygen atoms in total. The molecule has 22 heavy (non-hydrogen) atoms. The maximum atomic E-state index is 12.8. The minimum atomic E-state index is -3.05. The molecule has 1 aromatic carbocycles. The minimum absolute atomic E-state index is 0.0284. The van der Waals surface area contributed by atoms with Crippen molar-refractivity contribution in [2.45, 2.75) is 32.2 Å². The molecule has 1 atom stereocenters. The maximum Gasteiger partial charge on any atom is 0.255 e. The normalized spacial score (nSPS) is 20.0. The minimum Gasteiger partial charge on any atom is -0.335 e. The molecule has 0 aliphatic carbocycles. The Balaban J connectivity index is 2.28. The van der Waals surface area contributed by atoms with E-state index in [4.69, 9.17) is 23.2 Å².